The summed E-state index contributed by atoms with van der Waals surface area (Å²) in [6, 6.07) is -0.733. The van der Waals surface area contributed by atoms with Crippen molar-refractivity contribution in [3.8, 4) is 0 Å². The number of halogens is 1. The maximum absolute atomic E-state index is 12.9. The van der Waals surface area contributed by atoms with E-state index in [4.69, 9.17) is 0 Å². The molecular weight excluding hydrogens is 412 g/mol. The van der Waals surface area contributed by atoms with Gasteiger partial charge < -0.3 is 10.2 Å². The standard InChI is InChI=1S/C20H32N4O3S.ClH/c1-24-12-13-28-20(24)23-22-19(27)17(25)16(14-8-4-2-5-9-14)21-18(26)15-10-6-3-7-11-15;/h14-16H,2-13H2,1H3,(H,21,26)(H,22,27);1H/b23-20-;/t16-;/m1./s1. The molecule has 0 aromatic rings. The topological polar surface area (TPSA) is 90.9 Å². The largest absolute Gasteiger partial charge is 0.352 e. The molecule has 0 radical (unpaired) electrons. The minimum atomic E-state index is -0.733. The summed E-state index contributed by atoms with van der Waals surface area (Å²) in [5.74, 6) is -0.426. The van der Waals surface area contributed by atoms with Crippen molar-refractivity contribution in [3.63, 3.8) is 0 Å². The summed E-state index contributed by atoms with van der Waals surface area (Å²) in [5, 5.41) is 7.76. The average molecular weight is 445 g/mol. The van der Waals surface area contributed by atoms with Gasteiger partial charge >= 0.3 is 5.91 Å². The summed E-state index contributed by atoms with van der Waals surface area (Å²) in [4.78, 5) is 40.1. The molecule has 3 rings (SSSR count). The third-order valence-corrected chi connectivity index (χ3v) is 7.19. The van der Waals surface area contributed by atoms with Crippen molar-refractivity contribution in [1.82, 2.24) is 15.6 Å². The van der Waals surface area contributed by atoms with Gasteiger partial charge in [0.1, 0.15) is 6.04 Å². The Balaban J connectivity index is 0.00000300. The highest BCUT2D eigenvalue weighted by Crippen LogP contribution is 2.29. The lowest BCUT2D eigenvalue weighted by molar-refractivity contribution is -0.141. The molecule has 1 aliphatic heterocycles. The molecule has 2 N–H and O–H groups in total. The van der Waals surface area contributed by atoms with Crippen LogP contribution in [0.1, 0.15) is 64.2 Å². The molecule has 0 aromatic carbocycles. The number of amidine groups is 1. The number of carbonyl (C=O) groups is 3. The van der Waals surface area contributed by atoms with Crippen LogP contribution in [0.2, 0.25) is 0 Å². The molecule has 29 heavy (non-hydrogen) atoms. The van der Waals surface area contributed by atoms with E-state index < -0.39 is 17.7 Å². The molecule has 1 atom stereocenters. The van der Waals surface area contributed by atoms with Gasteiger partial charge in [0.15, 0.2) is 5.17 Å². The first-order valence-electron chi connectivity index (χ1n) is 10.6. The van der Waals surface area contributed by atoms with E-state index in [1.54, 1.807) is 11.8 Å². The average Bonchev–Trinajstić information content (AvgIpc) is 3.15. The van der Waals surface area contributed by atoms with Gasteiger partial charge in [0, 0.05) is 25.3 Å². The van der Waals surface area contributed by atoms with E-state index in [0.717, 1.165) is 70.1 Å². The van der Waals surface area contributed by atoms with Gasteiger partial charge in [0.25, 0.3) is 0 Å². The molecule has 0 spiro atoms. The van der Waals surface area contributed by atoms with Crippen LogP contribution in [0.25, 0.3) is 0 Å². The van der Waals surface area contributed by atoms with Crippen LogP contribution in [0.15, 0.2) is 5.10 Å². The Hall–Kier alpha value is -1.28. The molecule has 1 heterocycles. The van der Waals surface area contributed by atoms with E-state index in [1.165, 1.54) is 6.42 Å². The molecule has 9 heteroatoms. The van der Waals surface area contributed by atoms with E-state index in [9.17, 15) is 14.4 Å². The Bertz CT molecular complexity index is 619. The lowest BCUT2D eigenvalue weighted by atomic mass is 9.81. The zero-order valence-corrected chi connectivity index (χ0v) is 18.8. The Morgan fingerprint density at radius 2 is 1.66 bits per heavy atom. The van der Waals surface area contributed by atoms with E-state index in [2.05, 4.69) is 15.8 Å². The van der Waals surface area contributed by atoms with Crippen LogP contribution >= 0.6 is 24.2 Å². The smallest absolute Gasteiger partial charge is 0.309 e. The number of rotatable bonds is 6. The van der Waals surface area contributed by atoms with Gasteiger partial charge in [0.05, 0.1) is 0 Å². The third-order valence-electron chi connectivity index (χ3n) is 6.14. The van der Waals surface area contributed by atoms with Crippen molar-refractivity contribution in [2.45, 2.75) is 70.3 Å². The number of carbonyl (C=O) groups excluding carboxylic acids is 3. The summed E-state index contributed by atoms with van der Waals surface area (Å²) in [7, 11) is 1.90. The van der Waals surface area contributed by atoms with Crippen molar-refractivity contribution in [2.75, 3.05) is 19.3 Å². The van der Waals surface area contributed by atoms with E-state index in [0.29, 0.717) is 5.17 Å². The molecule has 1 saturated heterocycles. The van der Waals surface area contributed by atoms with E-state index in [1.807, 2.05) is 11.9 Å². The predicted molar refractivity (Wildman–Crippen MR) is 118 cm³/mol. The number of Topliss-reactive ketones (excluding diaryl/α,β-unsaturated/α-hetero) is 1. The van der Waals surface area contributed by atoms with Gasteiger partial charge in [-0.2, -0.15) is 0 Å². The highest BCUT2D eigenvalue weighted by atomic mass is 35.5. The first-order chi connectivity index (χ1) is 13.6. The number of nitrogens with one attached hydrogen (secondary N) is 2. The molecule has 2 amide bonds. The van der Waals surface area contributed by atoms with Gasteiger partial charge in [-0.25, -0.2) is 5.43 Å². The second kappa shape index (κ2) is 11.8. The summed E-state index contributed by atoms with van der Waals surface area (Å²) in [6.07, 6.45) is 10.0. The van der Waals surface area contributed by atoms with Gasteiger partial charge in [-0.3, -0.25) is 14.4 Å². The highest BCUT2D eigenvalue weighted by molar-refractivity contribution is 8.14. The van der Waals surface area contributed by atoms with Crippen LogP contribution in [0.3, 0.4) is 0 Å². The number of amides is 2. The summed E-state index contributed by atoms with van der Waals surface area (Å²) >= 11 is 1.55. The zero-order chi connectivity index (χ0) is 19.9. The quantitative estimate of drug-likeness (QED) is 0.485. The monoisotopic (exact) mass is 444 g/mol. The third kappa shape index (κ3) is 6.60. The van der Waals surface area contributed by atoms with Crippen molar-refractivity contribution >= 4 is 46.9 Å². The van der Waals surface area contributed by atoms with Crippen LogP contribution in [0.5, 0.6) is 0 Å². The lowest BCUT2D eigenvalue weighted by Gasteiger charge is -2.31. The Kier molecular flexibility index (Phi) is 9.75. The minimum Gasteiger partial charge on any atom is -0.352 e. The van der Waals surface area contributed by atoms with Gasteiger partial charge in [-0.05, 0) is 31.6 Å². The summed E-state index contributed by atoms with van der Waals surface area (Å²) in [6.45, 7) is 0.870. The number of hydrogen-bond acceptors (Lipinski definition) is 5. The van der Waals surface area contributed by atoms with Crippen molar-refractivity contribution in [3.05, 3.63) is 0 Å². The van der Waals surface area contributed by atoms with Crippen LogP contribution < -0.4 is 10.7 Å². The molecule has 3 aliphatic rings. The normalized spacial score (nSPS) is 23.3. The molecule has 2 aliphatic carbocycles. The van der Waals surface area contributed by atoms with Crippen LogP contribution in [-0.4, -0.2) is 53.1 Å². The summed E-state index contributed by atoms with van der Waals surface area (Å²) in [5.41, 5.74) is 2.41. The molecule has 3 fully saturated rings. The predicted octanol–water partition coefficient (Wildman–Crippen LogP) is 2.69. The molecule has 0 unspecified atom stereocenters. The molecule has 0 aromatic heterocycles. The minimum absolute atomic E-state index is 0. The van der Waals surface area contributed by atoms with E-state index in [-0.39, 0.29) is 30.2 Å². The van der Waals surface area contributed by atoms with Gasteiger partial charge in [-0.1, -0.05) is 50.3 Å². The second-order valence-electron chi connectivity index (χ2n) is 8.19. The van der Waals surface area contributed by atoms with Crippen molar-refractivity contribution in [2.24, 2.45) is 16.9 Å². The number of ketones is 1. The maximum Gasteiger partial charge on any atom is 0.309 e. The summed E-state index contributed by atoms with van der Waals surface area (Å²) < 4.78 is 0. The highest BCUT2D eigenvalue weighted by Gasteiger charge is 2.36. The number of hydrazone groups is 1. The fourth-order valence-corrected chi connectivity index (χ4v) is 5.36. The first-order valence-corrected chi connectivity index (χ1v) is 11.6. The SMILES string of the molecule is CN1CCS/C1=N\NC(=O)C(=O)[C@H](NC(=O)C1CCCCC1)C1CCCCC1.Cl. The molecule has 7 nitrogen and oxygen atoms in total. The number of nitrogens with zero attached hydrogens (tertiary/aromatic N) is 2. The fourth-order valence-electron chi connectivity index (χ4n) is 4.39. The Labute approximate surface area is 183 Å². The molecule has 0 bridgehead atoms. The van der Waals surface area contributed by atoms with Crippen LogP contribution in [0.4, 0.5) is 0 Å². The second-order valence-corrected chi connectivity index (χ2v) is 9.25. The maximum atomic E-state index is 12.9. The Morgan fingerprint density at radius 3 is 2.24 bits per heavy atom. The fraction of sp³-hybridized carbons (Fsp3) is 0.800. The lowest BCUT2D eigenvalue weighted by Crippen LogP contribution is -2.52. The number of hydrogen-bond donors (Lipinski definition) is 2. The molecular formula is C20H33ClN4O3S. The van der Waals surface area contributed by atoms with Gasteiger partial charge in [0.2, 0.25) is 11.7 Å². The van der Waals surface area contributed by atoms with Gasteiger partial charge in [-0.15, -0.1) is 17.5 Å². The zero-order valence-electron chi connectivity index (χ0n) is 17.2. The van der Waals surface area contributed by atoms with Crippen LogP contribution in [0, 0.1) is 11.8 Å². The first kappa shape index (κ1) is 24.0. The van der Waals surface area contributed by atoms with E-state index >= 15 is 0 Å². The Morgan fingerprint density at radius 1 is 1.03 bits per heavy atom. The molecule has 2 saturated carbocycles. The number of thioether (sulfide) groups is 1. The van der Waals surface area contributed by atoms with Crippen molar-refractivity contribution in [1.29, 1.82) is 0 Å². The van der Waals surface area contributed by atoms with Crippen LogP contribution in [-0.2, 0) is 14.4 Å². The molecule has 164 valence electrons. The van der Waals surface area contributed by atoms with Crippen molar-refractivity contribution < 1.29 is 14.4 Å².